The molecule has 0 aromatic heterocycles. The summed E-state index contributed by atoms with van der Waals surface area (Å²) in [5.74, 6) is 0.621. The minimum Gasteiger partial charge on any atom is -0.394 e. The van der Waals surface area contributed by atoms with Gasteiger partial charge in [-0.3, -0.25) is 0 Å². The first-order chi connectivity index (χ1) is 8.49. The first kappa shape index (κ1) is 15.2. The van der Waals surface area contributed by atoms with Gasteiger partial charge in [-0.1, -0.05) is 64.4 Å². The van der Waals surface area contributed by atoms with E-state index in [4.69, 9.17) is 0 Å². The zero-order valence-electron chi connectivity index (χ0n) is 12.1. The second-order valence-electron chi connectivity index (χ2n) is 6.03. The van der Waals surface area contributed by atoms with E-state index in [9.17, 15) is 5.11 Å². The SMILES string of the molecule is CCC(CNC(CO)c1ccccc1)C(C)(C)C. The van der Waals surface area contributed by atoms with Crippen LogP contribution in [0.5, 0.6) is 0 Å². The molecule has 0 aliphatic rings. The third-order valence-electron chi connectivity index (χ3n) is 3.71. The lowest BCUT2D eigenvalue weighted by Crippen LogP contribution is -2.34. The first-order valence-corrected chi connectivity index (χ1v) is 6.88. The number of aliphatic hydroxyl groups excluding tert-OH is 1. The zero-order chi connectivity index (χ0) is 13.6. The molecule has 1 rings (SSSR count). The smallest absolute Gasteiger partial charge is 0.0626 e. The van der Waals surface area contributed by atoms with Crippen LogP contribution in [-0.2, 0) is 0 Å². The molecule has 1 aromatic carbocycles. The standard InChI is InChI=1S/C16H27NO/c1-5-14(16(2,3)4)11-17-15(12-18)13-9-7-6-8-10-13/h6-10,14-15,17-18H,5,11-12H2,1-4H3. The summed E-state index contributed by atoms with van der Waals surface area (Å²) in [4.78, 5) is 0. The first-order valence-electron chi connectivity index (χ1n) is 6.88. The highest BCUT2D eigenvalue weighted by atomic mass is 16.3. The lowest BCUT2D eigenvalue weighted by molar-refractivity contribution is 0.194. The molecule has 2 N–H and O–H groups in total. The van der Waals surface area contributed by atoms with Crippen LogP contribution in [0.1, 0.15) is 45.7 Å². The predicted molar refractivity (Wildman–Crippen MR) is 77.5 cm³/mol. The van der Waals surface area contributed by atoms with E-state index in [1.165, 1.54) is 0 Å². The Morgan fingerprint density at radius 3 is 2.22 bits per heavy atom. The van der Waals surface area contributed by atoms with E-state index >= 15 is 0 Å². The molecule has 0 spiro atoms. The van der Waals surface area contributed by atoms with Gasteiger partial charge in [-0.25, -0.2) is 0 Å². The van der Waals surface area contributed by atoms with Crippen molar-refractivity contribution in [3.8, 4) is 0 Å². The molecule has 2 heteroatoms. The number of nitrogens with one attached hydrogen (secondary N) is 1. The minimum absolute atomic E-state index is 0.0441. The molecule has 102 valence electrons. The average Bonchev–Trinajstić information content (AvgIpc) is 2.34. The van der Waals surface area contributed by atoms with Crippen molar-refractivity contribution in [1.29, 1.82) is 0 Å². The summed E-state index contributed by atoms with van der Waals surface area (Å²) >= 11 is 0. The molecule has 2 unspecified atom stereocenters. The molecule has 0 fully saturated rings. The van der Waals surface area contributed by atoms with Gasteiger partial charge in [-0.2, -0.15) is 0 Å². The molecule has 0 heterocycles. The van der Waals surface area contributed by atoms with E-state index in [-0.39, 0.29) is 12.6 Å². The monoisotopic (exact) mass is 249 g/mol. The van der Waals surface area contributed by atoms with Crippen molar-refractivity contribution in [2.45, 2.75) is 40.2 Å². The largest absolute Gasteiger partial charge is 0.394 e. The van der Waals surface area contributed by atoms with Crippen molar-refractivity contribution in [1.82, 2.24) is 5.32 Å². The Bertz CT molecular complexity index is 329. The fourth-order valence-corrected chi connectivity index (χ4v) is 2.32. The van der Waals surface area contributed by atoms with Crippen LogP contribution in [0, 0.1) is 11.3 Å². The van der Waals surface area contributed by atoms with Gasteiger partial charge in [0.25, 0.3) is 0 Å². The second-order valence-corrected chi connectivity index (χ2v) is 6.03. The highest BCUT2D eigenvalue weighted by molar-refractivity contribution is 5.18. The Balaban J connectivity index is 2.60. The van der Waals surface area contributed by atoms with E-state index in [0.717, 1.165) is 18.5 Å². The molecule has 0 saturated carbocycles. The third kappa shape index (κ3) is 4.43. The summed E-state index contributed by atoms with van der Waals surface area (Å²) in [6, 6.07) is 10.2. The topological polar surface area (TPSA) is 32.3 Å². The van der Waals surface area contributed by atoms with Gasteiger partial charge in [-0.05, 0) is 23.4 Å². The van der Waals surface area contributed by atoms with E-state index in [1.54, 1.807) is 0 Å². The van der Waals surface area contributed by atoms with Gasteiger partial charge in [-0.15, -0.1) is 0 Å². The molecular formula is C16H27NO. The van der Waals surface area contributed by atoms with Gasteiger partial charge in [0, 0.05) is 0 Å². The van der Waals surface area contributed by atoms with Gasteiger partial charge < -0.3 is 10.4 Å². The van der Waals surface area contributed by atoms with Crippen LogP contribution in [0.4, 0.5) is 0 Å². The number of rotatable bonds is 6. The van der Waals surface area contributed by atoms with Crippen LogP contribution in [0.3, 0.4) is 0 Å². The van der Waals surface area contributed by atoms with Crippen molar-refractivity contribution in [3.63, 3.8) is 0 Å². The fourth-order valence-electron chi connectivity index (χ4n) is 2.32. The average molecular weight is 249 g/mol. The Morgan fingerprint density at radius 2 is 1.78 bits per heavy atom. The van der Waals surface area contributed by atoms with Crippen LogP contribution in [0.15, 0.2) is 30.3 Å². The molecule has 0 amide bonds. The highest BCUT2D eigenvalue weighted by Gasteiger charge is 2.23. The third-order valence-corrected chi connectivity index (χ3v) is 3.71. The summed E-state index contributed by atoms with van der Waals surface area (Å²) in [7, 11) is 0. The Labute approximate surface area is 111 Å². The maximum atomic E-state index is 9.51. The molecule has 0 bridgehead atoms. The highest BCUT2D eigenvalue weighted by Crippen LogP contribution is 2.28. The fraction of sp³-hybridized carbons (Fsp3) is 0.625. The lowest BCUT2D eigenvalue weighted by Gasteiger charge is -2.31. The van der Waals surface area contributed by atoms with Gasteiger partial charge in [0.15, 0.2) is 0 Å². The van der Waals surface area contributed by atoms with Crippen molar-refractivity contribution in [2.24, 2.45) is 11.3 Å². The quantitative estimate of drug-likeness (QED) is 0.810. The van der Waals surface area contributed by atoms with Crippen LogP contribution < -0.4 is 5.32 Å². The number of aliphatic hydroxyl groups is 1. The van der Waals surface area contributed by atoms with Gasteiger partial charge in [0.05, 0.1) is 12.6 Å². The summed E-state index contributed by atoms with van der Waals surface area (Å²) in [5.41, 5.74) is 1.46. The van der Waals surface area contributed by atoms with Crippen molar-refractivity contribution >= 4 is 0 Å². The molecule has 1 aromatic rings. The lowest BCUT2D eigenvalue weighted by atomic mass is 9.79. The normalized spacial score (nSPS) is 15.4. The molecular weight excluding hydrogens is 222 g/mol. The summed E-state index contributed by atoms with van der Waals surface area (Å²) in [6.45, 7) is 10.1. The molecule has 18 heavy (non-hydrogen) atoms. The predicted octanol–water partition coefficient (Wildman–Crippen LogP) is 3.38. The van der Waals surface area contributed by atoms with Crippen molar-refractivity contribution in [2.75, 3.05) is 13.2 Å². The molecule has 0 aliphatic carbocycles. The minimum atomic E-state index is 0.0441. The van der Waals surface area contributed by atoms with E-state index in [1.807, 2.05) is 18.2 Å². The molecule has 2 nitrogen and oxygen atoms in total. The molecule has 0 aliphatic heterocycles. The zero-order valence-corrected chi connectivity index (χ0v) is 12.1. The summed E-state index contributed by atoms with van der Waals surface area (Å²) in [6.07, 6.45) is 1.16. The van der Waals surface area contributed by atoms with Gasteiger partial charge in [0.2, 0.25) is 0 Å². The maximum absolute atomic E-state index is 9.51. The molecule has 0 saturated heterocycles. The van der Waals surface area contributed by atoms with Crippen LogP contribution in [-0.4, -0.2) is 18.3 Å². The van der Waals surface area contributed by atoms with E-state index < -0.39 is 0 Å². The Morgan fingerprint density at radius 1 is 1.17 bits per heavy atom. The number of hydrogen-bond donors (Lipinski definition) is 2. The van der Waals surface area contributed by atoms with Gasteiger partial charge >= 0.3 is 0 Å². The Kier molecular flexibility index (Phi) is 5.83. The van der Waals surface area contributed by atoms with E-state index in [0.29, 0.717) is 11.3 Å². The van der Waals surface area contributed by atoms with Crippen LogP contribution in [0.2, 0.25) is 0 Å². The second kappa shape index (κ2) is 6.91. The van der Waals surface area contributed by atoms with Crippen LogP contribution >= 0.6 is 0 Å². The van der Waals surface area contributed by atoms with Gasteiger partial charge in [0.1, 0.15) is 0 Å². The number of hydrogen-bond acceptors (Lipinski definition) is 2. The van der Waals surface area contributed by atoms with Crippen molar-refractivity contribution in [3.05, 3.63) is 35.9 Å². The van der Waals surface area contributed by atoms with Crippen molar-refractivity contribution < 1.29 is 5.11 Å². The Hall–Kier alpha value is -0.860. The molecule has 2 atom stereocenters. The summed E-state index contributed by atoms with van der Waals surface area (Å²) in [5, 5.41) is 13.0. The van der Waals surface area contributed by atoms with Crippen LogP contribution in [0.25, 0.3) is 0 Å². The van der Waals surface area contributed by atoms with E-state index in [2.05, 4.69) is 45.1 Å². The summed E-state index contributed by atoms with van der Waals surface area (Å²) < 4.78 is 0. The molecule has 0 radical (unpaired) electrons. The number of benzene rings is 1. The maximum Gasteiger partial charge on any atom is 0.0626 e.